The van der Waals surface area contributed by atoms with Gasteiger partial charge in [-0.1, -0.05) is 0 Å². The van der Waals surface area contributed by atoms with Crippen molar-refractivity contribution >= 4 is 11.9 Å². The normalized spacial score (nSPS) is 14.0. The van der Waals surface area contributed by atoms with Crippen LogP contribution in [0.4, 0.5) is 0 Å². The van der Waals surface area contributed by atoms with Crippen LogP contribution in [0.2, 0.25) is 0 Å². The molecule has 0 aromatic rings. The van der Waals surface area contributed by atoms with Crippen LogP contribution in [0.25, 0.3) is 0 Å². The SMILES string of the molecule is CCOC(C)OOC(=O)/C=C/C(=O)OOC(C)OCC. The van der Waals surface area contributed by atoms with E-state index in [0.29, 0.717) is 13.2 Å². The van der Waals surface area contributed by atoms with Gasteiger partial charge in [-0.2, -0.15) is 9.78 Å². The van der Waals surface area contributed by atoms with Gasteiger partial charge in [0.1, 0.15) is 0 Å². The molecule has 8 heteroatoms. The maximum absolute atomic E-state index is 11.1. The zero-order valence-corrected chi connectivity index (χ0v) is 12.0. The summed E-state index contributed by atoms with van der Waals surface area (Å²) in [6.45, 7) is 7.46. The summed E-state index contributed by atoms with van der Waals surface area (Å²) in [7, 11) is 0. The minimum Gasteiger partial charge on any atom is -0.349 e. The Morgan fingerprint density at radius 2 is 1.20 bits per heavy atom. The summed E-state index contributed by atoms with van der Waals surface area (Å²) in [6, 6.07) is 0. The maximum atomic E-state index is 11.1. The highest BCUT2D eigenvalue weighted by Crippen LogP contribution is 1.97. The molecule has 0 fully saturated rings. The van der Waals surface area contributed by atoms with Gasteiger partial charge in [-0.3, -0.25) is 9.78 Å². The first-order valence-electron chi connectivity index (χ1n) is 6.15. The lowest BCUT2D eigenvalue weighted by molar-refractivity contribution is -0.344. The molecule has 0 aliphatic heterocycles. The smallest absolute Gasteiger partial charge is 0.349 e. The molecule has 2 unspecified atom stereocenters. The number of rotatable bonds is 10. The van der Waals surface area contributed by atoms with Crippen molar-refractivity contribution in [3.63, 3.8) is 0 Å². The first-order valence-corrected chi connectivity index (χ1v) is 6.15. The van der Waals surface area contributed by atoms with Gasteiger partial charge in [-0.05, 0) is 27.7 Å². The Morgan fingerprint density at radius 1 is 0.850 bits per heavy atom. The van der Waals surface area contributed by atoms with Gasteiger partial charge >= 0.3 is 11.9 Å². The van der Waals surface area contributed by atoms with Crippen molar-refractivity contribution in [1.82, 2.24) is 0 Å². The average molecular weight is 292 g/mol. The van der Waals surface area contributed by atoms with E-state index >= 15 is 0 Å². The molecule has 0 N–H and O–H groups in total. The zero-order valence-electron chi connectivity index (χ0n) is 12.0. The second-order valence-corrected chi connectivity index (χ2v) is 3.38. The molecular weight excluding hydrogens is 272 g/mol. The number of ether oxygens (including phenoxy) is 2. The van der Waals surface area contributed by atoms with E-state index in [2.05, 4.69) is 19.6 Å². The lowest BCUT2D eigenvalue weighted by atomic mass is 10.5. The molecule has 0 aliphatic carbocycles. The first-order chi connectivity index (χ1) is 9.49. The summed E-state index contributed by atoms with van der Waals surface area (Å²) in [6.07, 6.45) is 0.269. The molecule has 0 heterocycles. The van der Waals surface area contributed by atoms with E-state index in [1.54, 1.807) is 27.7 Å². The Bertz CT molecular complexity index is 285. The lowest BCUT2D eigenvalue weighted by Crippen LogP contribution is -2.16. The molecule has 0 aliphatic rings. The number of hydrogen-bond donors (Lipinski definition) is 0. The Balaban J connectivity index is 3.85. The van der Waals surface area contributed by atoms with Crippen LogP contribution in [0.15, 0.2) is 12.2 Å². The average Bonchev–Trinajstić information content (AvgIpc) is 2.41. The molecule has 0 aromatic heterocycles. The summed E-state index contributed by atoms with van der Waals surface area (Å²) in [4.78, 5) is 40.1. The predicted octanol–water partition coefficient (Wildman–Crippen LogP) is 1.26. The van der Waals surface area contributed by atoms with Gasteiger partial charge < -0.3 is 9.47 Å². The third-order valence-electron chi connectivity index (χ3n) is 1.69. The van der Waals surface area contributed by atoms with Crippen molar-refractivity contribution in [2.75, 3.05) is 13.2 Å². The molecule has 0 amide bonds. The first kappa shape index (κ1) is 18.5. The molecule has 0 saturated carbocycles. The minimum absolute atomic E-state index is 0.413. The van der Waals surface area contributed by atoms with Gasteiger partial charge in [-0.25, -0.2) is 9.59 Å². The third-order valence-corrected chi connectivity index (χ3v) is 1.69. The Hall–Kier alpha value is -1.48. The molecule has 0 rings (SSSR count). The van der Waals surface area contributed by atoms with Crippen molar-refractivity contribution < 1.29 is 38.6 Å². The van der Waals surface area contributed by atoms with E-state index in [1.807, 2.05) is 0 Å². The van der Waals surface area contributed by atoms with E-state index in [-0.39, 0.29) is 0 Å². The second kappa shape index (κ2) is 11.4. The minimum atomic E-state index is -0.883. The van der Waals surface area contributed by atoms with Crippen LogP contribution in [0.5, 0.6) is 0 Å². The van der Waals surface area contributed by atoms with E-state index < -0.39 is 24.5 Å². The fourth-order valence-corrected chi connectivity index (χ4v) is 0.947. The van der Waals surface area contributed by atoms with Gasteiger partial charge in [0.05, 0.1) is 0 Å². The number of carbonyl (C=O) groups is 2. The molecule has 20 heavy (non-hydrogen) atoms. The van der Waals surface area contributed by atoms with E-state index in [1.165, 1.54) is 0 Å². The van der Waals surface area contributed by atoms with Crippen LogP contribution in [0.3, 0.4) is 0 Å². The highest BCUT2D eigenvalue weighted by atomic mass is 17.2. The van der Waals surface area contributed by atoms with Crippen molar-refractivity contribution in [3.8, 4) is 0 Å². The van der Waals surface area contributed by atoms with Gasteiger partial charge in [0.25, 0.3) is 0 Å². The fraction of sp³-hybridized carbons (Fsp3) is 0.667. The quantitative estimate of drug-likeness (QED) is 0.257. The molecule has 0 aromatic carbocycles. The van der Waals surface area contributed by atoms with Gasteiger partial charge in [0.2, 0.25) is 0 Å². The van der Waals surface area contributed by atoms with E-state index in [0.717, 1.165) is 12.2 Å². The van der Waals surface area contributed by atoms with Crippen molar-refractivity contribution in [3.05, 3.63) is 12.2 Å². The van der Waals surface area contributed by atoms with Gasteiger partial charge in [0.15, 0.2) is 12.6 Å². The summed E-state index contributed by atoms with van der Waals surface area (Å²) < 4.78 is 9.91. The van der Waals surface area contributed by atoms with Crippen LogP contribution >= 0.6 is 0 Å². The summed E-state index contributed by atoms with van der Waals surface area (Å²) in [5.41, 5.74) is 0. The number of carbonyl (C=O) groups excluding carboxylic acids is 2. The summed E-state index contributed by atoms with van der Waals surface area (Å²) >= 11 is 0. The van der Waals surface area contributed by atoms with Crippen LogP contribution in [0.1, 0.15) is 27.7 Å². The predicted molar refractivity (Wildman–Crippen MR) is 65.7 cm³/mol. The second-order valence-electron chi connectivity index (χ2n) is 3.38. The van der Waals surface area contributed by atoms with Crippen molar-refractivity contribution in [1.29, 1.82) is 0 Å². The topological polar surface area (TPSA) is 89.5 Å². The van der Waals surface area contributed by atoms with Crippen molar-refractivity contribution in [2.45, 2.75) is 40.3 Å². The Labute approximate surface area is 117 Å². The molecule has 0 spiro atoms. The summed E-state index contributed by atoms with van der Waals surface area (Å²) in [5.74, 6) is -1.77. The molecule has 0 saturated heterocycles. The molecule has 2 atom stereocenters. The molecule has 0 radical (unpaired) electrons. The van der Waals surface area contributed by atoms with Crippen LogP contribution < -0.4 is 0 Å². The lowest BCUT2D eigenvalue weighted by Gasteiger charge is -2.10. The zero-order chi connectivity index (χ0) is 15.4. The van der Waals surface area contributed by atoms with Crippen LogP contribution in [0, 0.1) is 0 Å². The molecule has 116 valence electrons. The highest BCUT2D eigenvalue weighted by Gasteiger charge is 2.08. The Morgan fingerprint density at radius 3 is 1.50 bits per heavy atom. The molecular formula is C12H20O8. The van der Waals surface area contributed by atoms with Crippen LogP contribution in [-0.4, -0.2) is 37.7 Å². The number of hydrogen-bond acceptors (Lipinski definition) is 8. The molecule has 8 nitrogen and oxygen atoms in total. The standard InChI is InChI=1S/C12H20O8/c1-5-15-9(3)17-19-11(13)7-8-12(14)20-18-10(4)16-6-2/h7-10H,5-6H2,1-4H3/b8-7+. The Kier molecular flexibility index (Phi) is 10.5. The maximum Gasteiger partial charge on any atom is 0.366 e. The largest absolute Gasteiger partial charge is 0.366 e. The van der Waals surface area contributed by atoms with Gasteiger partial charge in [0, 0.05) is 25.4 Å². The van der Waals surface area contributed by atoms with E-state index in [9.17, 15) is 9.59 Å². The highest BCUT2D eigenvalue weighted by molar-refractivity contribution is 5.91. The summed E-state index contributed by atoms with van der Waals surface area (Å²) in [5, 5.41) is 0. The van der Waals surface area contributed by atoms with Gasteiger partial charge in [-0.15, -0.1) is 0 Å². The molecule has 0 bridgehead atoms. The van der Waals surface area contributed by atoms with E-state index in [4.69, 9.17) is 9.47 Å². The monoisotopic (exact) mass is 292 g/mol. The third kappa shape index (κ3) is 10.4. The van der Waals surface area contributed by atoms with Crippen LogP contribution in [-0.2, 0) is 38.6 Å². The fourth-order valence-electron chi connectivity index (χ4n) is 0.947. The van der Waals surface area contributed by atoms with Crippen molar-refractivity contribution in [2.24, 2.45) is 0 Å².